The van der Waals surface area contributed by atoms with Crippen molar-refractivity contribution in [2.24, 2.45) is 0 Å². The zero-order valence-corrected chi connectivity index (χ0v) is 16.4. The minimum Gasteiger partial charge on any atom is -0.353 e. The third-order valence-electron chi connectivity index (χ3n) is 4.74. The van der Waals surface area contributed by atoms with Gasteiger partial charge in [0.2, 0.25) is 5.56 Å². The van der Waals surface area contributed by atoms with Crippen LogP contribution in [0.5, 0.6) is 0 Å². The molecule has 0 atom stereocenters. The number of benzene rings is 1. The summed E-state index contributed by atoms with van der Waals surface area (Å²) < 4.78 is 0. The molecule has 4 heterocycles. The molecular weight excluding hydrogens is 400 g/mol. The van der Waals surface area contributed by atoms with Crippen molar-refractivity contribution in [1.29, 1.82) is 0 Å². The predicted octanol–water partition coefficient (Wildman–Crippen LogP) is 5.04. The number of halogens is 1. The summed E-state index contributed by atoms with van der Waals surface area (Å²) in [5, 5.41) is 1.24. The molecule has 0 bridgehead atoms. The molecule has 0 radical (unpaired) electrons. The molecule has 8 heteroatoms. The van der Waals surface area contributed by atoms with Gasteiger partial charge >= 0.3 is 0 Å². The van der Waals surface area contributed by atoms with E-state index in [0.717, 1.165) is 22.2 Å². The highest BCUT2D eigenvalue weighted by atomic mass is 35.5. The molecule has 0 aliphatic rings. The second-order valence-electron chi connectivity index (χ2n) is 6.86. The van der Waals surface area contributed by atoms with Gasteiger partial charge in [0.1, 0.15) is 16.4 Å². The zero-order valence-electron chi connectivity index (χ0n) is 15.7. The smallest absolute Gasteiger partial charge is 0.249 e. The molecule has 30 heavy (non-hydrogen) atoms. The van der Waals surface area contributed by atoms with Gasteiger partial charge in [-0.1, -0.05) is 17.7 Å². The maximum Gasteiger partial charge on any atom is 0.249 e. The number of fused-ring (bicyclic) bond motifs is 2. The number of aromatic amines is 2. The monoisotopic (exact) mass is 412 g/mol. The molecule has 0 saturated heterocycles. The van der Waals surface area contributed by atoms with Crippen molar-refractivity contribution in [3.63, 3.8) is 0 Å². The lowest BCUT2D eigenvalue weighted by Gasteiger charge is -2.10. The number of pyridine rings is 2. The Morgan fingerprint density at radius 3 is 2.63 bits per heavy atom. The fourth-order valence-corrected chi connectivity index (χ4v) is 3.69. The average molecular weight is 413 g/mol. The summed E-state index contributed by atoms with van der Waals surface area (Å²) in [6.45, 7) is 9.08. The van der Waals surface area contributed by atoms with Crippen LogP contribution in [-0.4, -0.2) is 24.9 Å². The summed E-state index contributed by atoms with van der Waals surface area (Å²) in [5.41, 5.74) is 5.53. The van der Waals surface area contributed by atoms with Crippen LogP contribution in [0, 0.1) is 13.5 Å². The van der Waals surface area contributed by atoms with E-state index in [0.29, 0.717) is 39.1 Å². The molecule has 5 rings (SSSR count). The summed E-state index contributed by atoms with van der Waals surface area (Å²) in [6, 6.07) is 14.0. The second kappa shape index (κ2) is 6.79. The van der Waals surface area contributed by atoms with Crippen molar-refractivity contribution in [2.45, 2.75) is 6.92 Å². The fourth-order valence-electron chi connectivity index (χ4n) is 3.44. The van der Waals surface area contributed by atoms with E-state index in [-0.39, 0.29) is 5.56 Å². The number of nitrogens with one attached hydrogen (secondary N) is 2. The van der Waals surface area contributed by atoms with Crippen LogP contribution in [0.15, 0.2) is 53.3 Å². The van der Waals surface area contributed by atoms with E-state index in [9.17, 15) is 4.79 Å². The third-order valence-corrected chi connectivity index (χ3v) is 4.93. The highest BCUT2D eigenvalue weighted by Gasteiger charge is 2.17. The number of rotatable bonds is 2. The number of aromatic nitrogens is 5. The molecule has 1 aromatic carbocycles. The van der Waals surface area contributed by atoms with E-state index >= 15 is 0 Å². The van der Waals surface area contributed by atoms with Crippen molar-refractivity contribution < 1.29 is 0 Å². The highest BCUT2D eigenvalue weighted by molar-refractivity contribution is 6.29. The number of hydrogen-bond donors (Lipinski definition) is 2. The Balaban J connectivity index is 1.83. The summed E-state index contributed by atoms with van der Waals surface area (Å²) in [4.78, 5) is 35.0. The number of aryl methyl sites for hydroxylation is 1. The van der Waals surface area contributed by atoms with E-state index < -0.39 is 0 Å². The lowest BCUT2D eigenvalue weighted by Crippen LogP contribution is -2.06. The quantitative estimate of drug-likeness (QED) is 0.314. The molecule has 0 aliphatic carbocycles. The SMILES string of the molecule is [C-]#[N+]c1ccc2[nH]c(-c3nc4[nH]c(=O)ccc4nc3-c3cc(C)nc(Cl)c3)cc2c1. The first-order valence-electron chi connectivity index (χ1n) is 9.06. The normalized spacial score (nSPS) is 11.1. The molecule has 4 aromatic heterocycles. The van der Waals surface area contributed by atoms with E-state index in [1.807, 2.05) is 31.2 Å². The lowest BCUT2D eigenvalue weighted by atomic mass is 10.1. The minimum absolute atomic E-state index is 0.253. The van der Waals surface area contributed by atoms with Crippen LogP contribution in [0.2, 0.25) is 5.15 Å². The Kier molecular flexibility index (Phi) is 4.09. The van der Waals surface area contributed by atoms with E-state index in [1.165, 1.54) is 6.07 Å². The Hall–Kier alpha value is -4.02. The van der Waals surface area contributed by atoms with Crippen LogP contribution in [0.25, 0.3) is 49.6 Å². The highest BCUT2D eigenvalue weighted by Crippen LogP contribution is 2.33. The molecule has 144 valence electrons. The molecule has 0 saturated carbocycles. The second-order valence-corrected chi connectivity index (χ2v) is 7.25. The van der Waals surface area contributed by atoms with E-state index in [2.05, 4.69) is 19.8 Å². The van der Waals surface area contributed by atoms with Crippen molar-refractivity contribution in [3.05, 3.63) is 81.1 Å². The van der Waals surface area contributed by atoms with Crippen LogP contribution in [0.1, 0.15) is 5.69 Å². The van der Waals surface area contributed by atoms with Gasteiger partial charge in [-0.3, -0.25) is 4.79 Å². The number of hydrogen-bond acceptors (Lipinski definition) is 4. The van der Waals surface area contributed by atoms with Gasteiger partial charge in [-0.2, -0.15) is 0 Å². The molecular formula is C22H13ClN6O. The number of nitrogens with zero attached hydrogens (tertiary/aromatic N) is 4. The molecule has 7 nitrogen and oxygen atoms in total. The van der Waals surface area contributed by atoms with E-state index in [1.54, 1.807) is 18.2 Å². The summed E-state index contributed by atoms with van der Waals surface area (Å²) >= 11 is 6.19. The Bertz CT molecular complexity index is 1540. The Morgan fingerprint density at radius 1 is 0.967 bits per heavy atom. The van der Waals surface area contributed by atoms with Gasteiger partial charge in [-0.05, 0) is 48.7 Å². The fraction of sp³-hybridized carbons (Fsp3) is 0.0455. The summed E-state index contributed by atoms with van der Waals surface area (Å²) in [7, 11) is 0. The zero-order chi connectivity index (χ0) is 20.8. The minimum atomic E-state index is -0.253. The lowest BCUT2D eigenvalue weighted by molar-refractivity contribution is 1.17. The van der Waals surface area contributed by atoms with Gasteiger partial charge in [0, 0.05) is 22.8 Å². The van der Waals surface area contributed by atoms with Crippen molar-refractivity contribution in [2.75, 3.05) is 0 Å². The standard InChI is InChI=1S/C22H13ClN6O/c1-11-7-13(10-18(23)25-11)20-21(29-22-16(27-20)5-6-19(30)28-22)17-9-12-8-14(24-2)3-4-15(12)26-17/h3-10,26H,1H3,(H,28,29,30). The van der Waals surface area contributed by atoms with Crippen LogP contribution < -0.4 is 5.56 Å². The van der Waals surface area contributed by atoms with Gasteiger partial charge in [-0.25, -0.2) is 19.8 Å². The largest absolute Gasteiger partial charge is 0.353 e. The van der Waals surface area contributed by atoms with Gasteiger partial charge in [0.25, 0.3) is 0 Å². The van der Waals surface area contributed by atoms with Gasteiger partial charge in [-0.15, -0.1) is 0 Å². The van der Waals surface area contributed by atoms with Crippen LogP contribution in [0.4, 0.5) is 5.69 Å². The third kappa shape index (κ3) is 3.09. The van der Waals surface area contributed by atoms with Gasteiger partial charge in [0.15, 0.2) is 11.3 Å². The first-order chi connectivity index (χ1) is 14.5. The van der Waals surface area contributed by atoms with Crippen molar-refractivity contribution >= 4 is 39.4 Å². The summed E-state index contributed by atoms with van der Waals surface area (Å²) in [5.74, 6) is 0. The van der Waals surface area contributed by atoms with Gasteiger partial charge < -0.3 is 9.97 Å². The Labute approximate surface area is 175 Å². The Morgan fingerprint density at radius 2 is 1.83 bits per heavy atom. The molecule has 0 fully saturated rings. The predicted molar refractivity (Wildman–Crippen MR) is 117 cm³/mol. The van der Waals surface area contributed by atoms with Gasteiger partial charge in [0.05, 0.1) is 18.0 Å². The molecule has 5 aromatic rings. The molecule has 0 amide bonds. The van der Waals surface area contributed by atoms with Crippen LogP contribution >= 0.6 is 11.6 Å². The van der Waals surface area contributed by atoms with Crippen LogP contribution in [-0.2, 0) is 0 Å². The topological polar surface area (TPSA) is 91.7 Å². The maximum absolute atomic E-state index is 11.8. The first-order valence-corrected chi connectivity index (χ1v) is 9.44. The van der Waals surface area contributed by atoms with E-state index in [4.69, 9.17) is 28.1 Å². The van der Waals surface area contributed by atoms with Crippen LogP contribution in [0.3, 0.4) is 0 Å². The van der Waals surface area contributed by atoms with Crippen molar-refractivity contribution in [1.82, 2.24) is 24.9 Å². The average Bonchev–Trinajstić information content (AvgIpc) is 3.15. The molecule has 0 spiro atoms. The number of H-pyrrole nitrogens is 2. The molecule has 0 unspecified atom stereocenters. The first kappa shape index (κ1) is 18.0. The summed E-state index contributed by atoms with van der Waals surface area (Å²) in [6.07, 6.45) is 0. The maximum atomic E-state index is 11.8. The van der Waals surface area contributed by atoms with Crippen molar-refractivity contribution in [3.8, 4) is 22.6 Å². The molecule has 2 N–H and O–H groups in total. The molecule has 0 aliphatic heterocycles.